The monoisotopic (exact) mass is 848 g/mol. The van der Waals surface area contributed by atoms with Crippen molar-refractivity contribution in [2.24, 2.45) is 0 Å². The number of halogens is 8. The molecular weight excluding hydrogens is 805 g/mol. The third-order valence-electron chi connectivity index (χ3n) is 10.8. The van der Waals surface area contributed by atoms with Crippen LogP contribution in [0.3, 0.4) is 0 Å². The van der Waals surface area contributed by atoms with Crippen LogP contribution in [0.5, 0.6) is 11.5 Å². The van der Waals surface area contributed by atoms with E-state index in [2.05, 4.69) is 15.0 Å². The molecule has 2 unspecified atom stereocenters. The number of fused-ring (bicyclic) bond motifs is 3. The topological polar surface area (TPSA) is 105 Å². The maximum absolute atomic E-state index is 14.1. The molecule has 0 aliphatic carbocycles. The molecule has 2 atom stereocenters. The van der Waals surface area contributed by atoms with Crippen molar-refractivity contribution >= 4 is 33.5 Å². The molecule has 0 amide bonds. The van der Waals surface area contributed by atoms with Crippen LogP contribution in [-0.2, 0) is 30.2 Å². The van der Waals surface area contributed by atoms with Crippen molar-refractivity contribution < 1.29 is 50.4 Å². The van der Waals surface area contributed by atoms with Crippen molar-refractivity contribution in [3.05, 3.63) is 119 Å². The Hall–Kier alpha value is -4.86. The molecule has 316 valence electrons. The van der Waals surface area contributed by atoms with E-state index in [0.717, 1.165) is 17.0 Å². The smallest absolute Gasteiger partial charge is 0.418 e. The largest absolute Gasteiger partial charge is 0.496 e. The van der Waals surface area contributed by atoms with Crippen molar-refractivity contribution in [1.82, 2.24) is 19.5 Å². The quantitative estimate of drug-likeness (QED) is 0.112. The van der Waals surface area contributed by atoms with Gasteiger partial charge in [0, 0.05) is 64.0 Å². The number of aromatic nitrogens is 4. The fourth-order valence-electron chi connectivity index (χ4n) is 8.01. The Morgan fingerprint density at radius 2 is 1.54 bits per heavy atom. The van der Waals surface area contributed by atoms with Gasteiger partial charge in [0.05, 0.1) is 32.0 Å². The second-order valence-electron chi connectivity index (χ2n) is 16.4. The number of hydrogen-bond acceptors (Lipinski definition) is 6. The maximum atomic E-state index is 14.1. The highest BCUT2D eigenvalue weighted by molar-refractivity contribution is 6.30. The standard InChI is InChI=1S/C22H22ClF3N2O2.C21H22F4N2O2/c1-20(2,17-9-15(23)7-14-4-6-30-19(14)17)12-21(29,22(24,25)26)10-16-8-13-3-5-27-11-18(13)28-16;1-19(2,16-11-15(22)6-7-17(16)29-3)12-20(28,21(23,24)25)13-27-10-8-14-5-4-9-26-18(14)27/h3,5,7-9,11,28-29H,4,6,10,12H2,1-2H3;4-11,28H,12-13H2,1-3H3. The molecule has 0 radical (unpaired) electrons. The number of H-pyrrole nitrogens is 1. The van der Waals surface area contributed by atoms with Gasteiger partial charge in [0.1, 0.15) is 23.0 Å². The molecule has 7 rings (SSSR count). The first-order valence-electron chi connectivity index (χ1n) is 18.6. The average Bonchev–Trinajstić information content (AvgIpc) is 3.88. The molecule has 0 saturated carbocycles. The number of aromatic amines is 1. The first-order valence-corrected chi connectivity index (χ1v) is 19.0. The van der Waals surface area contributed by atoms with Crippen molar-refractivity contribution in [3.8, 4) is 11.5 Å². The van der Waals surface area contributed by atoms with Gasteiger partial charge in [0.2, 0.25) is 0 Å². The van der Waals surface area contributed by atoms with E-state index in [9.17, 15) is 40.9 Å². The van der Waals surface area contributed by atoms with Gasteiger partial charge in [-0.1, -0.05) is 39.3 Å². The molecule has 59 heavy (non-hydrogen) atoms. The molecule has 0 bridgehead atoms. The van der Waals surface area contributed by atoms with Gasteiger partial charge >= 0.3 is 12.4 Å². The lowest BCUT2D eigenvalue weighted by Crippen LogP contribution is -2.52. The summed E-state index contributed by atoms with van der Waals surface area (Å²) in [5.41, 5.74) is -5.34. The molecule has 2 aromatic carbocycles. The van der Waals surface area contributed by atoms with Gasteiger partial charge in [0.15, 0.2) is 11.2 Å². The van der Waals surface area contributed by atoms with Gasteiger partial charge in [-0.3, -0.25) is 4.98 Å². The van der Waals surface area contributed by atoms with Crippen LogP contribution in [-0.4, -0.2) is 67.0 Å². The maximum Gasteiger partial charge on any atom is 0.418 e. The molecule has 3 N–H and O–H groups in total. The number of aliphatic hydroxyl groups is 2. The number of hydrogen-bond donors (Lipinski definition) is 3. The fourth-order valence-corrected chi connectivity index (χ4v) is 8.26. The van der Waals surface area contributed by atoms with E-state index in [1.54, 1.807) is 68.7 Å². The summed E-state index contributed by atoms with van der Waals surface area (Å²) in [5, 5.41) is 23.6. The van der Waals surface area contributed by atoms with Gasteiger partial charge in [-0.05, 0) is 89.9 Å². The number of alkyl halides is 6. The van der Waals surface area contributed by atoms with Crippen LogP contribution in [0.1, 0.15) is 62.9 Å². The highest BCUT2D eigenvalue weighted by atomic mass is 35.5. The third-order valence-corrected chi connectivity index (χ3v) is 11.0. The minimum atomic E-state index is -4.92. The number of benzene rings is 2. The van der Waals surface area contributed by atoms with Crippen LogP contribution >= 0.6 is 11.6 Å². The van der Waals surface area contributed by atoms with E-state index in [0.29, 0.717) is 51.6 Å². The number of ether oxygens (including phenoxy) is 2. The first-order chi connectivity index (χ1) is 27.5. The summed E-state index contributed by atoms with van der Waals surface area (Å²) in [6, 6.07) is 15.5. The van der Waals surface area contributed by atoms with Crippen molar-refractivity contribution in [1.29, 1.82) is 0 Å². The SMILES string of the molecule is CC(C)(CC(O)(Cc1cc2ccncc2[nH]1)C(F)(F)F)c1cc(Cl)cc2c1OCC2.COc1ccc(F)cc1C(C)(C)CC(O)(Cn1ccc2cccnc21)C(F)(F)F. The van der Waals surface area contributed by atoms with Crippen LogP contribution in [0.25, 0.3) is 21.9 Å². The first kappa shape index (κ1) is 43.7. The molecule has 5 heterocycles. The van der Waals surface area contributed by atoms with Crippen molar-refractivity contribution in [2.45, 2.75) is 94.3 Å². The van der Waals surface area contributed by atoms with E-state index in [1.807, 2.05) is 0 Å². The van der Waals surface area contributed by atoms with E-state index >= 15 is 0 Å². The minimum absolute atomic E-state index is 0.248. The lowest BCUT2D eigenvalue weighted by atomic mass is 9.73. The molecule has 0 saturated heterocycles. The Kier molecular flexibility index (Phi) is 11.8. The van der Waals surface area contributed by atoms with Gasteiger partial charge in [-0.25, -0.2) is 9.37 Å². The molecule has 6 aromatic rings. The zero-order chi connectivity index (χ0) is 43.2. The third kappa shape index (κ3) is 9.17. The fraction of sp³-hybridized carbons (Fsp3) is 0.395. The number of pyridine rings is 2. The molecule has 16 heteroatoms. The number of nitrogens with zero attached hydrogens (tertiary/aromatic N) is 3. The van der Waals surface area contributed by atoms with Crippen molar-refractivity contribution in [3.63, 3.8) is 0 Å². The van der Waals surface area contributed by atoms with Gasteiger partial charge in [-0.2, -0.15) is 26.3 Å². The zero-order valence-electron chi connectivity index (χ0n) is 32.9. The molecule has 8 nitrogen and oxygen atoms in total. The van der Waals surface area contributed by atoms with Gasteiger partial charge in [0.25, 0.3) is 0 Å². The number of nitrogens with one attached hydrogen (secondary N) is 1. The number of methoxy groups -OCH3 is 1. The van der Waals surface area contributed by atoms with Crippen LogP contribution in [0.4, 0.5) is 30.7 Å². The lowest BCUT2D eigenvalue weighted by Gasteiger charge is -2.38. The summed E-state index contributed by atoms with van der Waals surface area (Å²) in [4.78, 5) is 11.0. The summed E-state index contributed by atoms with van der Waals surface area (Å²) in [6.45, 7) is 6.11. The normalized spacial score (nSPS) is 15.6. The molecule has 4 aromatic heterocycles. The van der Waals surface area contributed by atoms with Crippen LogP contribution in [0.2, 0.25) is 5.02 Å². The Balaban J connectivity index is 0.000000199. The summed E-state index contributed by atoms with van der Waals surface area (Å²) >= 11 is 6.22. The second kappa shape index (κ2) is 16.0. The Bertz CT molecular complexity index is 2410. The Labute approximate surface area is 341 Å². The summed E-state index contributed by atoms with van der Waals surface area (Å²) in [6.07, 6.45) is -4.89. The van der Waals surface area contributed by atoms with E-state index < -0.39 is 66.0 Å². The molecule has 1 aliphatic heterocycles. The Morgan fingerprint density at radius 3 is 2.22 bits per heavy atom. The van der Waals surface area contributed by atoms with E-state index in [-0.39, 0.29) is 11.3 Å². The molecule has 0 spiro atoms. The minimum Gasteiger partial charge on any atom is -0.496 e. The molecular formula is C43H44ClF7N4O4. The average molecular weight is 849 g/mol. The van der Waals surface area contributed by atoms with E-state index in [4.69, 9.17) is 21.1 Å². The zero-order valence-corrected chi connectivity index (χ0v) is 33.7. The predicted octanol–water partition coefficient (Wildman–Crippen LogP) is 10.2. The summed E-state index contributed by atoms with van der Waals surface area (Å²) in [7, 11) is 1.36. The summed E-state index contributed by atoms with van der Waals surface area (Å²) < 4.78 is 110. The van der Waals surface area contributed by atoms with Gasteiger partial charge in [-0.15, -0.1) is 0 Å². The predicted molar refractivity (Wildman–Crippen MR) is 210 cm³/mol. The number of rotatable bonds is 11. The van der Waals surface area contributed by atoms with Crippen molar-refractivity contribution in [2.75, 3.05) is 13.7 Å². The van der Waals surface area contributed by atoms with Crippen LogP contribution < -0.4 is 9.47 Å². The molecule has 1 aliphatic rings. The highest BCUT2D eigenvalue weighted by Crippen LogP contribution is 2.48. The summed E-state index contributed by atoms with van der Waals surface area (Å²) in [5.74, 6) is 0.240. The van der Waals surface area contributed by atoms with Crippen LogP contribution in [0, 0.1) is 5.82 Å². The Morgan fingerprint density at radius 1 is 0.847 bits per heavy atom. The highest BCUT2D eigenvalue weighted by Gasteiger charge is 2.57. The van der Waals surface area contributed by atoms with Gasteiger partial charge < -0.3 is 29.2 Å². The second-order valence-corrected chi connectivity index (χ2v) is 16.8. The van der Waals surface area contributed by atoms with E-state index in [1.165, 1.54) is 50.1 Å². The van der Waals surface area contributed by atoms with Crippen LogP contribution in [0.15, 0.2) is 85.5 Å². The molecule has 0 fully saturated rings. The lowest BCUT2D eigenvalue weighted by molar-refractivity contribution is -0.271.